The maximum atomic E-state index is 11.7. The van der Waals surface area contributed by atoms with E-state index < -0.39 is 23.8 Å². The fourth-order valence-electron chi connectivity index (χ4n) is 2.61. The Balaban J connectivity index is 3.31. The van der Waals surface area contributed by atoms with E-state index in [-0.39, 0.29) is 30.8 Å². The van der Waals surface area contributed by atoms with Crippen LogP contribution in [0.5, 0.6) is 5.75 Å². The van der Waals surface area contributed by atoms with Gasteiger partial charge in [0.1, 0.15) is 11.7 Å². The first-order valence-corrected chi connectivity index (χ1v) is 8.23. The molecule has 0 aliphatic carbocycles. The molecule has 28 heavy (non-hydrogen) atoms. The lowest BCUT2D eigenvalue weighted by Crippen LogP contribution is -2.38. The van der Waals surface area contributed by atoms with Crippen LogP contribution in [0.1, 0.15) is 23.0 Å². The summed E-state index contributed by atoms with van der Waals surface area (Å²) in [4.78, 5) is 26.0. The summed E-state index contributed by atoms with van der Waals surface area (Å²) in [6.07, 6.45) is 0. The number of hydrogen-bond donors (Lipinski definition) is 6. The number of guanidine groups is 2. The number of nitrogens with zero attached hydrogens (tertiary/aromatic N) is 2. The number of hydrogen-bond acceptors (Lipinski definition) is 5. The number of rotatable bonds is 9. The molecule has 0 aliphatic rings. The number of nitrogens with two attached hydrogens (primary N) is 2. The number of methoxy groups -OCH3 is 1. The normalized spacial score (nSPS) is 12.5. The molecule has 154 valence electrons. The summed E-state index contributed by atoms with van der Waals surface area (Å²) in [6.45, 7) is -0.0988. The Labute approximate surface area is 162 Å². The van der Waals surface area contributed by atoms with Gasteiger partial charge in [0.25, 0.3) is 0 Å². The Morgan fingerprint density at radius 2 is 1.50 bits per heavy atom. The fourth-order valence-corrected chi connectivity index (χ4v) is 2.61. The highest BCUT2D eigenvalue weighted by Gasteiger charge is 2.28. The summed E-state index contributed by atoms with van der Waals surface area (Å²) in [7, 11) is 4.35. The van der Waals surface area contributed by atoms with Crippen molar-refractivity contribution >= 4 is 23.9 Å². The molecule has 1 aromatic rings. The average molecular weight is 394 g/mol. The molecule has 8 N–H and O–H groups in total. The topological polar surface area (TPSA) is 190 Å². The summed E-state index contributed by atoms with van der Waals surface area (Å²) in [6, 6.07) is 4.46. The van der Waals surface area contributed by atoms with Gasteiger partial charge in [-0.1, -0.05) is 12.1 Å². The van der Waals surface area contributed by atoms with Crippen LogP contribution in [0.3, 0.4) is 0 Å². The molecule has 0 bridgehead atoms. The largest absolute Gasteiger partial charge is 0.496 e. The van der Waals surface area contributed by atoms with Gasteiger partial charge in [0.15, 0.2) is 11.9 Å². The number of carboxylic acids is 2. The zero-order valence-electron chi connectivity index (χ0n) is 16.0. The lowest BCUT2D eigenvalue weighted by molar-refractivity contribution is -0.140. The van der Waals surface area contributed by atoms with E-state index >= 15 is 0 Å². The maximum absolute atomic E-state index is 11.7. The monoisotopic (exact) mass is 394 g/mol. The van der Waals surface area contributed by atoms with Crippen molar-refractivity contribution in [2.75, 3.05) is 34.3 Å². The van der Waals surface area contributed by atoms with Gasteiger partial charge in [-0.2, -0.15) is 0 Å². The standard InChI is InChI=1S/C17H26N6O5/c1-22(16(18)19)7-11(14(24)25)9-4-5-10(13(6-9)28-3)12(15(26)27)8-23(2)17(20)21/h4-6,11-12H,7-8H2,1-3H3,(H3,18,19)(H3,20,21)(H,24,25)(H,26,27). The molecular formula is C17H26N6O5. The number of likely N-dealkylation sites (N-methyl/N-ethyl adjacent to an activating group) is 2. The zero-order valence-corrected chi connectivity index (χ0v) is 16.0. The van der Waals surface area contributed by atoms with Crippen LogP contribution in [-0.2, 0) is 9.59 Å². The van der Waals surface area contributed by atoms with Gasteiger partial charge in [0.2, 0.25) is 0 Å². The van der Waals surface area contributed by atoms with Crippen LogP contribution in [0, 0.1) is 10.8 Å². The summed E-state index contributed by atoms with van der Waals surface area (Å²) in [5.74, 6) is -4.63. The van der Waals surface area contributed by atoms with Crippen LogP contribution in [0.2, 0.25) is 0 Å². The zero-order chi connectivity index (χ0) is 21.6. The van der Waals surface area contributed by atoms with Gasteiger partial charge in [0, 0.05) is 32.7 Å². The van der Waals surface area contributed by atoms with Crippen molar-refractivity contribution in [3.8, 4) is 5.75 Å². The summed E-state index contributed by atoms with van der Waals surface area (Å²) >= 11 is 0. The minimum Gasteiger partial charge on any atom is -0.496 e. The van der Waals surface area contributed by atoms with Crippen LogP contribution in [0.25, 0.3) is 0 Å². The first-order chi connectivity index (χ1) is 13.0. The third-order valence-corrected chi connectivity index (χ3v) is 4.37. The predicted octanol–water partition coefficient (Wildman–Crippen LogP) is -0.318. The van der Waals surface area contributed by atoms with Crippen LogP contribution >= 0.6 is 0 Å². The summed E-state index contributed by atoms with van der Waals surface area (Å²) < 4.78 is 5.30. The first-order valence-electron chi connectivity index (χ1n) is 8.23. The van der Waals surface area contributed by atoms with E-state index in [0.29, 0.717) is 11.1 Å². The highest BCUT2D eigenvalue weighted by atomic mass is 16.5. The van der Waals surface area contributed by atoms with E-state index in [1.807, 2.05) is 0 Å². The summed E-state index contributed by atoms with van der Waals surface area (Å²) in [5.41, 5.74) is 11.5. The maximum Gasteiger partial charge on any atom is 0.312 e. The minimum atomic E-state index is -1.13. The second-order valence-corrected chi connectivity index (χ2v) is 6.31. The van der Waals surface area contributed by atoms with Gasteiger partial charge >= 0.3 is 11.9 Å². The number of aliphatic carboxylic acids is 2. The number of carboxylic acid groups (broad SMARTS) is 2. The van der Waals surface area contributed by atoms with E-state index in [0.717, 1.165) is 0 Å². The molecule has 0 heterocycles. The SMILES string of the molecule is COc1cc(C(CN(C)C(=N)N)C(=O)O)ccc1C(CN(C)C(=N)N)C(=O)O. The lowest BCUT2D eigenvalue weighted by Gasteiger charge is -2.25. The number of carbonyl (C=O) groups is 2. The number of benzene rings is 1. The highest BCUT2D eigenvalue weighted by molar-refractivity contribution is 5.81. The average Bonchev–Trinajstić information content (AvgIpc) is 2.62. The van der Waals surface area contributed by atoms with Gasteiger partial charge in [-0.15, -0.1) is 0 Å². The second kappa shape index (κ2) is 9.44. The molecular weight excluding hydrogens is 368 g/mol. The van der Waals surface area contributed by atoms with E-state index in [2.05, 4.69) is 0 Å². The third-order valence-electron chi connectivity index (χ3n) is 4.37. The van der Waals surface area contributed by atoms with E-state index in [9.17, 15) is 19.8 Å². The Bertz CT molecular complexity index is 768. The fraction of sp³-hybridized carbons (Fsp3) is 0.412. The molecule has 2 atom stereocenters. The predicted molar refractivity (Wildman–Crippen MR) is 103 cm³/mol. The smallest absolute Gasteiger partial charge is 0.312 e. The molecule has 11 heteroatoms. The van der Waals surface area contributed by atoms with Crippen molar-refractivity contribution in [3.63, 3.8) is 0 Å². The van der Waals surface area contributed by atoms with E-state index in [1.165, 1.54) is 49.2 Å². The number of nitrogens with one attached hydrogen (secondary N) is 2. The summed E-state index contributed by atoms with van der Waals surface area (Å²) in [5, 5.41) is 34.0. The van der Waals surface area contributed by atoms with Gasteiger partial charge in [0.05, 0.1) is 13.0 Å². The van der Waals surface area contributed by atoms with Crippen molar-refractivity contribution in [2.24, 2.45) is 11.5 Å². The Morgan fingerprint density at radius 3 is 1.89 bits per heavy atom. The Morgan fingerprint density at radius 1 is 1.04 bits per heavy atom. The van der Waals surface area contributed by atoms with Crippen LogP contribution in [-0.4, -0.2) is 78.2 Å². The molecule has 0 amide bonds. The third kappa shape index (κ3) is 5.50. The Hall–Kier alpha value is -3.50. The molecule has 2 unspecified atom stereocenters. The quantitative estimate of drug-likeness (QED) is 0.241. The van der Waals surface area contributed by atoms with E-state index in [1.54, 1.807) is 0 Å². The molecule has 0 aliphatic heterocycles. The van der Waals surface area contributed by atoms with Crippen molar-refractivity contribution in [2.45, 2.75) is 11.8 Å². The van der Waals surface area contributed by atoms with Crippen LogP contribution < -0.4 is 16.2 Å². The van der Waals surface area contributed by atoms with Crippen LogP contribution in [0.4, 0.5) is 0 Å². The first kappa shape index (κ1) is 22.5. The van der Waals surface area contributed by atoms with Crippen molar-refractivity contribution in [3.05, 3.63) is 29.3 Å². The molecule has 0 spiro atoms. The molecule has 11 nitrogen and oxygen atoms in total. The number of ether oxygens (including phenoxy) is 1. The molecule has 0 radical (unpaired) electrons. The van der Waals surface area contributed by atoms with Gasteiger partial charge in [-0.3, -0.25) is 20.4 Å². The Kier molecular flexibility index (Phi) is 7.60. The van der Waals surface area contributed by atoms with Crippen LogP contribution in [0.15, 0.2) is 18.2 Å². The van der Waals surface area contributed by atoms with Crippen molar-refractivity contribution < 1.29 is 24.5 Å². The minimum absolute atomic E-state index is 0.0391. The molecule has 0 fully saturated rings. The van der Waals surface area contributed by atoms with E-state index in [4.69, 9.17) is 27.0 Å². The van der Waals surface area contributed by atoms with Gasteiger partial charge in [-0.05, 0) is 11.6 Å². The molecule has 0 saturated heterocycles. The molecule has 1 aromatic carbocycles. The molecule has 0 aromatic heterocycles. The van der Waals surface area contributed by atoms with Crippen molar-refractivity contribution in [1.29, 1.82) is 10.8 Å². The molecule has 1 rings (SSSR count). The lowest BCUT2D eigenvalue weighted by atomic mass is 9.92. The van der Waals surface area contributed by atoms with Gasteiger partial charge in [-0.25, -0.2) is 0 Å². The van der Waals surface area contributed by atoms with Crippen molar-refractivity contribution in [1.82, 2.24) is 9.80 Å². The highest BCUT2D eigenvalue weighted by Crippen LogP contribution is 2.31. The second-order valence-electron chi connectivity index (χ2n) is 6.31. The molecule has 0 saturated carbocycles. The van der Waals surface area contributed by atoms with Gasteiger partial charge < -0.3 is 36.2 Å².